The SMILES string of the molecule is CCOC(=O)C1(C(=O)OCC)[C@@H]2CC(=O)N2[C@@H](C(=O)OCc2ccc([N+](=O)[O-])cc2)C1(C(=O)OCC)C(=O)OCC. The number of amides is 1. The van der Waals surface area contributed by atoms with Gasteiger partial charge in [-0.2, -0.15) is 0 Å². The van der Waals surface area contributed by atoms with Crippen molar-refractivity contribution in [3.8, 4) is 0 Å². The summed E-state index contributed by atoms with van der Waals surface area (Å²) in [7, 11) is 0. The summed E-state index contributed by atoms with van der Waals surface area (Å²) < 4.78 is 26.1. The Hall–Kier alpha value is -4.56. The molecule has 0 bridgehead atoms. The molecule has 1 aromatic rings. The Morgan fingerprint density at radius 1 is 0.805 bits per heavy atom. The number of carbonyl (C=O) groups is 6. The van der Waals surface area contributed by atoms with E-state index in [2.05, 4.69) is 0 Å². The quantitative estimate of drug-likeness (QED) is 0.0846. The van der Waals surface area contributed by atoms with Crippen LogP contribution in [0.1, 0.15) is 39.7 Å². The smallest absolute Gasteiger partial charge is 0.331 e. The van der Waals surface area contributed by atoms with Crippen molar-refractivity contribution in [3.05, 3.63) is 39.9 Å². The first-order valence-corrected chi connectivity index (χ1v) is 12.9. The molecule has 0 radical (unpaired) electrons. The molecule has 2 aliphatic rings. The number of non-ortho nitro benzene ring substituents is 1. The highest BCUT2D eigenvalue weighted by Crippen LogP contribution is 2.62. The first-order valence-electron chi connectivity index (χ1n) is 12.9. The number of hydrogen-bond donors (Lipinski definition) is 0. The molecule has 0 aromatic heterocycles. The lowest BCUT2D eigenvalue weighted by molar-refractivity contribution is -0.384. The average Bonchev–Trinajstić information content (AvgIpc) is 3.16. The van der Waals surface area contributed by atoms with E-state index in [9.17, 15) is 38.9 Å². The number of rotatable bonds is 12. The molecule has 2 atom stereocenters. The highest BCUT2D eigenvalue weighted by atomic mass is 16.6. The normalized spacial score (nSPS) is 19.7. The Bertz CT molecular complexity index is 1210. The summed E-state index contributed by atoms with van der Waals surface area (Å²) in [4.78, 5) is 93.1. The third kappa shape index (κ3) is 4.74. The van der Waals surface area contributed by atoms with Gasteiger partial charge in [-0.05, 0) is 45.4 Å². The van der Waals surface area contributed by atoms with Gasteiger partial charge in [-0.25, -0.2) is 4.79 Å². The second-order valence-electron chi connectivity index (χ2n) is 8.95. The molecule has 3 rings (SSSR count). The molecule has 0 N–H and O–H groups in total. The molecule has 0 unspecified atom stereocenters. The van der Waals surface area contributed by atoms with E-state index in [1.54, 1.807) is 0 Å². The van der Waals surface area contributed by atoms with Crippen LogP contribution in [0.5, 0.6) is 0 Å². The first-order chi connectivity index (χ1) is 19.5. The van der Waals surface area contributed by atoms with E-state index in [1.165, 1.54) is 52.0 Å². The molecule has 1 aromatic carbocycles. The van der Waals surface area contributed by atoms with Crippen LogP contribution in [0.4, 0.5) is 5.69 Å². The summed E-state index contributed by atoms with van der Waals surface area (Å²) >= 11 is 0. The standard InChI is InChI=1S/C26H30N2O13/c1-5-37-21(31)25(22(32)38-6-2)17-13-18(29)27(17)19(26(25,23(33)39-7-3)24(34)40-8-4)20(30)41-14-15-9-11-16(12-10-15)28(35)36/h9-12,17,19H,5-8,13-14H2,1-4H3/t17-,19-/m0/s1. The van der Waals surface area contributed by atoms with Gasteiger partial charge in [-0.1, -0.05) is 0 Å². The second-order valence-corrected chi connectivity index (χ2v) is 8.95. The molecular weight excluding hydrogens is 548 g/mol. The lowest BCUT2D eigenvalue weighted by atomic mass is 9.58. The van der Waals surface area contributed by atoms with Crippen LogP contribution in [0.25, 0.3) is 0 Å². The molecular formula is C26H30N2O13. The summed E-state index contributed by atoms with van der Waals surface area (Å²) in [6.45, 7) is 3.84. The van der Waals surface area contributed by atoms with Crippen molar-refractivity contribution in [1.82, 2.24) is 4.90 Å². The number of fused-ring (bicyclic) bond motifs is 1. The number of benzene rings is 1. The summed E-state index contributed by atoms with van der Waals surface area (Å²) in [5.74, 6) is -7.84. The first kappa shape index (κ1) is 31.0. The second kappa shape index (κ2) is 12.3. The molecule has 0 saturated carbocycles. The molecule has 41 heavy (non-hydrogen) atoms. The fourth-order valence-corrected chi connectivity index (χ4v) is 5.33. The predicted octanol–water partition coefficient (Wildman–Crippen LogP) is 0.846. The van der Waals surface area contributed by atoms with Crippen molar-refractivity contribution >= 4 is 41.4 Å². The lowest BCUT2D eigenvalue weighted by Crippen LogP contribution is -2.67. The van der Waals surface area contributed by atoms with Gasteiger partial charge in [0.05, 0.1) is 37.4 Å². The zero-order valence-corrected chi connectivity index (χ0v) is 22.9. The van der Waals surface area contributed by atoms with Gasteiger partial charge in [0, 0.05) is 18.6 Å². The van der Waals surface area contributed by atoms with Gasteiger partial charge in [0.2, 0.25) is 16.7 Å². The van der Waals surface area contributed by atoms with Gasteiger partial charge in [0.15, 0.2) is 6.04 Å². The van der Waals surface area contributed by atoms with Gasteiger partial charge in [-0.3, -0.25) is 34.1 Å². The van der Waals surface area contributed by atoms with E-state index >= 15 is 0 Å². The molecule has 15 nitrogen and oxygen atoms in total. The number of carbonyl (C=O) groups excluding carboxylic acids is 6. The lowest BCUT2D eigenvalue weighted by Gasteiger charge is -2.42. The Balaban J connectivity index is 2.25. The van der Waals surface area contributed by atoms with Crippen LogP contribution < -0.4 is 0 Å². The van der Waals surface area contributed by atoms with E-state index in [1.807, 2.05) is 0 Å². The Kier molecular flexibility index (Phi) is 9.30. The van der Waals surface area contributed by atoms with Crippen LogP contribution >= 0.6 is 0 Å². The average molecular weight is 579 g/mol. The van der Waals surface area contributed by atoms with E-state index in [0.717, 1.165) is 4.90 Å². The van der Waals surface area contributed by atoms with Crippen molar-refractivity contribution < 1.29 is 57.4 Å². The van der Waals surface area contributed by atoms with Crippen molar-refractivity contribution in [2.45, 2.75) is 52.8 Å². The van der Waals surface area contributed by atoms with Crippen LogP contribution in [0.2, 0.25) is 0 Å². The third-order valence-corrected chi connectivity index (χ3v) is 6.94. The number of nitrogens with zero attached hydrogens (tertiary/aromatic N) is 2. The fraction of sp³-hybridized carbons (Fsp3) is 0.538. The molecule has 2 saturated heterocycles. The van der Waals surface area contributed by atoms with Gasteiger partial charge in [-0.15, -0.1) is 0 Å². The number of β-lactam (4-membered cyclic amide) rings is 1. The molecule has 0 spiro atoms. The van der Waals surface area contributed by atoms with Gasteiger partial charge >= 0.3 is 29.8 Å². The van der Waals surface area contributed by atoms with E-state index in [-0.39, 0.29) is 37.7 Å². The van der Waals surface area contributed by atoms with Gasteiger partial charge in [0.25, 0.3) is 5.69 Å². The number of esters is 5. The maximum absolute atomic E-state index is 13.9. The number of nitro benzene ring substituents is 1. The topological polar surface area (TPSA) is 195 Å². The van der Waals surface area contributed by atoms with Gasteiger partial charge in [0.1, 0.15) is 6.61 Å². The zero-order valence-electron chi connectivity index (χ0n) is 22.9. The van der Waals surface area contributed by atoms with Crippen LogP contribution in [0.15, 0.2) is 24.3 Å². The van der Waals surface area contributed by atoms with Crippen molar-refractivity contribution in [2.24, 2.45) is 10.8 Å². The Morgan fingerprint density at radius 3 is 1.63 bits per heavy atom. The van der Waals surface area contributed by atoms with Crippen LogP contribution in [-0.2, 0) is 59.1 Å². The van der Waals surface area contributed by atoms with E-state index in [4.69, 9.17) is 23.7 Å². The van der Waals surface area contributed by atoms with Crippen molar-refractivity contribution in [1.29, 1.82) is 0 Å². The third-order valence-electron chi connectivity index (χ3n) is 6.94. The Labute approximate surface area is 234 Å². The largest absolute Gasteiger partial charge is 0.465 e. The minimum Gasteiger partial charge on any atom is -0.465 e. The van der Waals surface area contributed by atoms with Crippen molar-refractivity contribution in [3.63, 3.8) is 0 Å². The highest BCUT2D eigenvalue weighted by molar-refractivity contribution is 6.21. The van der Waals surface area contributed by atoms with E-state index < -0.39 is 76.6 Å². The fourth-order valence-electron chi connectivity index (χ4n) is 5.33. The summed E-state index contributed by atoms with van der Waals surface area (Å²) in [6, 6.07) is 1.26. The van der Waals surface area contributed by atoms with Crippen LogP contribution in [-0.4, -0.2) is 84.1 Å². The molecule has 15 heteroatoms. The van der Waals surface area contributed by atoms with Crippen molar-refractivity contribution in [2.75, 3.05) is 26.4 Å². The van der Waals surface area contributed by atoms with Crippen LogP contribution in [0, 0.1) is 20.9 Å². The van der Waals surface area contributed by atoms with E-state index in [0.29, 0.717) is 0 Å². The molecule has 222 valence electrons. The highest BCUT2D eigenvalue weighted by Gasteiger charge is 2.89. The Morgan fingerprint density at radius 2 is 1.24 bits per heavy atom. The summed E-state index contributed by atoms with van der Waals surface area (Å²) in [5.41, 5.74) is -5.90. The maximum atomic E-state index is 13.9. The number of ether oxygens (including phenoxy) is 5. The molecule has 2 heterocycles. The summed E-state index contributed by atoms with van der Waals surface area (Å²) in [5, 5.41) is 10.9. The number of nitro groups is 1. The molecule has 0 aliphatic carbocycles. The molecule has 2 fully saturated rings. The van der Waals surface area contributed by atoms with Gasteiger partial charge < -0.3 is 28.6 Å². The minimum atomic E-state index is -3.10. The zero-order chi connectivity index (χ0) is 30.5. The predicted molar refractivity (Wildman–Crippen MR) is 133 cm³/mol. The molecule has 1 amide bonds. The summed E-state index contributed by atoms with van der Waals surface area (Å²) in [6.07, 6.45) is -0.510. The maximum Gasteiger partial charge on any atom is 0.331 e. The number of hydrogen-bond acceptors (Lipinski definition) is 13. The van der Waals surface area contributed by atoms with Crippen LogP contribution in [0.3, 0.4) is 0 Å². The monoisotopic (exact) mass is 578 g/mol. The minimum absolute atomic E-state index is 0.220. The molecule has 2 aliphatic heterocycles.